The van der Waals surface area contributed by atoms with Gasteiger partial charge < -0.3 is 19.2 Å². The maximum atomic E-state index is 14.0. The van der Waals surface area contributed by atoms with Crippen molar-refractivity contribution in [3.05, 3.63) is 24.1 Å². The molecule has 6 nitrogen and oxygen atoms in total. The van der Waals surface area contributed by atoms with Crippen LogP contribution >= 0.6 is 0 Å². The van der Waals surface area contributed by atoms with Gasteiger partial charge in [-0.1, -0.05) is 52.4 Å². The number of nitrogens with zero attached hydrogens (tertiary/aromatic N) is 2. The van der Waals surface area contributed by atoms with Gasteiger partial charge in [0.25, 0.3) is 5.91 Å². The van der Waals surface area contributed by atoms with Gasteiger partial charge in [-0.2, -0.15) is 0 Å². The molecule has 3 aliphatic rings. The fraction of sp³-hybridized carbons (Fsp3) is 0.692. The average molecular weight is 440 g/mol. The van der Waals surface area contributed by atoms with Gasteiger partial charge in [0.2, 0.25) is 5.91 Å². The summed E-state index contributed by atoms with van der Waals surface area (Å²) in [6, 6.07) is 4.04. The third-order valence-corrected chi connectivity index (χ3v) is 8.66. The van der Waals surface area contributed by atoms with Gasteiger partial charge in [0, 0.05) is 24.2 Å². The first-order valence-corrected chi connectivity index (χ1v) is 12.6. The predicted molar refractivity (Wildman–Crippen MR) is 124 cm³/mol. The second-order valence-corrected chi connectivity index (χ2v) is 10.7. The van der Waals surface area contributed by atoms with Gasteiger partial charge in [-0.15, -0.1) is 0 Å². The molecule has 1 aliphatic heterocycles. The van der Waals surface area contributed by atoms with Gasteiger partial charge >= 0.3 is 0 Å². The highest BCUT2D eigenvalue weighted by Crippen LogP contribution is 2.38. The van der Waals surface area contributed by atoms with Crippen LogP contribution in [0.25, 0.3) is 11.1 Å². The Hall–Kier alpha value is -2.24. The quantitative estimate of drug-likeness (QED) is 0.676. The number of fused-ring (bicyclic) bond motifs is 3. The van der Waals surface area contributed by atoms with Crippen LogP contribution in [-0.4, -0.2) is 38.9 Å². The Labute approximate surface area is 190 Å². The normalized spacial score (nSPS) is 32.0. The lowest BCUT2D eigenvalue weighted by atomic mass is 9.77. The Balaban J connectivity index is 1.52. The molecule has 174 valence electrons. The van der Waals surface area contributed by atoms with E-state index in [4.69, 9.17) is 4.42 Å². The average Bonchev–Trinajstić information content (AvgIpc) is 3.25. The van der Waals surface area contributed by atoms with Crippen molar-refractivity contribution in [2.75, 3.05) is 0 Å². The molecule has 3 heterocycles. The molecule has 0 saturated heterocycles. The van der Waals surface area contributed by atoms with Crippen molar-refractivity contribution in [1.82, 2.24) is 14.8 Å². The number of carbonyl (C=O) groups excluding carboxylic acids is 2. The third kappa shape index (κ3) is 3.46. The summed E-state index contributed by atoms with van der Waals surface area (Å²) in [6.07, 6.45) is 11.7. The highest BCUT2D eigenvalue weighted by molar-refractivity contribution is 6.03. The van der Waals surface area contributed by atoms with E-state index < -0.39 is 5.54 Å². The number of hydrogen-bond acceptors (Lipinski definition) is 3. The lowest BCUT2D eigenvalue weighted by Gasteiger charge is -2.49. The highest BCUT2D eigenvalue weighted by atomic mass is 16.3. The molecule has 6 heteroatoms. The van der Waals surface area contributed by atoms with Crippen molar-refractivity contribution in [1.29, 1.82) is 0 Å². The van der Waals surface area contributed by atoms with Gasteiger partial charge in [0.05, 0.1) is 18.3 Å². The minimum atomic E-state index is -0.914. The molecule has 0 bridgehead atoms. The highest BCUT2D eigenvalue weighted by Gasteiger charge is 2.51. The lowest BCUT2D eigenvalue weighted by Crippen LogP contribution is -2.67. The molecule has 2 amide bonds. The van der Waals surface area contributed by atoms with Crippen LogP contribution in [0.2, 0.25) is 0 Å². The number of aromatic nitrogens is 1. The number of amides is 2. The second-order valence-electron chi connectivity index (χ2n) is 10.7. The molecule has 2 aromatic heterocycles. The Kier molecular flexibility index (Phi) is 5.58. The van der Waals surface area contributed by atoms with Crippen LogP contribution in [0.15, 0.2) is 22.8 Å². The molecule has 2 saturated carbocycles. The van der Waals surface area contributed by atoms with Gasteiger partial charge in [-0.3, -0.25) is 9.59 Å². The van der Waals surface area contributed by atoms with E-state index in [0.29, 0.717) is 29.7 Å². The molecule has 2 aromatic rings. The van der Waals surface area contributed by atoms with E-state index in [2.05, 4.69) is 19.2 Å². The third-order valence-electron chi connectivity index (χ3n) is 8.66. The zero-order valence-corrected chi connectivity index (χ0v) is 19.7. The largest absolute Gasteiger partial charge is 0.463 e. The molecule has 0 aromatic carbocycles. The van der Waals surface area contributed by atoms with E-state index >= 15 is 0 Å². The molecule has 0 spiro atoms. The molecule has 32 heavy (non-hydrogen) atoms. The van der Waals surface area contributed by atoms with E-state index in [9.17, 15) is 9.59 Å². The van der Waals surface area contributed by atoms with Gasteiger partial charge in [-0.25, -0.2) is 0 Å². The van der Waals surface area contributed by atoms with E-state index in [-0.39, 0.29) is 23.9 Å². The summed E-state index contributed by atoms with van der Waals surface area (Å²) in [5.41, 5.74) is 1.34. The van der Waals surface area contributed by atoms with Crippen LogP contribution in [0.3, 0.4) is 0 Å². The number of rotatable bonds is 3. The molecule has 5 rings (SSSR count). The first-order chi connectivity index (χ1) is 15.4. The summed E-state index contributed by atoms with van der Waals surface area (Å²) in [6.45, 7) is 6.99. The van der Waals surface area contributed by atoms with Crippen molar-refractivity contribution in [3.63, 3.8) is 0 Å². The predicted octanol–water partition coefficient (Wildman–Crippen LogP) is 5.11. The summed E-state index contributed by atoms with van der Waals surface area (Å²) in [5, 5.41) is 3.41. The first-order valence-electron chi connectivity index (χ1n) is 12.6. The van der Waals surface area contributed by atoms with Crippen molar-refractivity contribution in [3.8, 4) is 0 Å². The molecule has 0 radical (unpaired) electrons. The second kappa shape index (κ2) is 8.27. The molecule has 4 atom stereocenters. The number of hydrogen-bond donors (Lipinski definition) is 1. The Morgan fingerprint density at radius 1 is 1.09 bits per heavy atom. The van der Waals surface area contributed by atoms with Gasteiger partial charge in [-0.05, 0) is 38.0 Å². The fourth-order valence-corrected chi connectivity index (χ4v) is 6.43. The number of furan rings is 1. The van der Waals surface area contributed by atoms with E-state index in [1.165, 1.54) is 19.3 Å². The number of nitrogens with one attached hydrogen (secondary N) is 1. The van der Waals surface area contributed by atoms with E-state index in [1.807, 2.05) is 28.5 Å². The molecule has 1 N–H and O–H groups in total. The van der Waals surface area contributed by atoms with Gasteiger partial charge in [0.1, 0.15) is 11.2 Å². The topological polar surface area (TPSA) is 67.5 Å². The van der Waals surface area contributed by atoms with Crippen LogP contribution in [0.4, 0.5) is 0 Å². The monoisotopic (exact) mass is 439 g/mol. The minimum Gasteiger partial charge on any atom is -0.463 e. The first kappa shape index (κ1) is 21.6. The number of carbonyl (C=O) groups is 2. The molecule has 2 fully saturated rings. The van der Waals surface area contributed by atoms with Crippen LogP contribution in [0.5, 0.6) is 0 Å². The molecular weight excluding hydrogens is 402 g/mol. The smallest absolute Gasteiger partial charge is 0.271 e. The van der Waals surface area contributed by atoms with Crippen LogP contribution in [0, 0.1) is 11.8 Å². The van der Waals surface area contributed by atoms with Crippen molar-refractivity contribution in [2.45, 2.75) is 103 Å². The maximum absolute atomic E-state index is 14.0. The summed E-state index contributed by atoms with van der Waals surface area (Å²) >= 11 is 0. The maximum Gasteiger partial charge on any atom is 0.271 e. The zero-order chi connectivity index (χ0) is 22.5. The molecule has 0 unspecified atom stereocenters. The standard InChI is InChI=1S/C26H37N3O3/c1-17-9-8-12-20(18(17)2)27-25(31)26(3)16-28-21-13-14-32-23(21)15-22(28)24(30)29(26)19-10-6-4-5-7-11-19/h13-15,17-20H,4-12,16H2,1-3H3,(H,27,31)/t17-,18+,20+,26-/m1/s1. The van der Waals surface area contributed by atoms with Crippen molar-refractivity contribution < 1.29 is 14.0 Å². The van der Waals surface area contributed by atoms with Gasteiger partial charge in [0.15, 0.2) is 5.58 Å². The molecular formula is C26H37N3O3. The van der Waals surface area contributed by atoms with Crippen molar-refractivity contribution >= 4 is 22.9 Å². The van der Waals surface area contributed by atoms with Crippen molar-refractivity contribution in [2.24, 2.45) is 11.8 Å². The minimum absolute atomic E-state index is 0.00274. The Morgan fingerprint density at radius 2 is 1.84 bits per heavy atom. The van der Waals surface area contributed by atoms with Crippen LogP contribution in [0.1, 0.15) is 89.0 Å². The lowest BCUT2D eigenvalue weighted by molar-refractivity contribution is -0.136. The SMILES string of the molecule is C[C@H]1[C@H](C)CCC[C@@H]1NC(=O)[C@@]1(C)Cn2c(cc3occc32)C(=O)N1C1CCCCCC1. The zero-order valence-electron chi connectivity index (χ0n) is 19.7. The van der Waals surface area contributed by atoms with Crippen LogP contribution < -0.4 is 5.32 Å². The summed E-state index contributed by atoms with van der Waals surface area (Å²) < 4.78 is 7.60. The van der Waals surface area contributed by atoms with E-state index in [0.717, 1.165) is 44.0 Å². The summed E-state index contributed by atoms with van der Waals surface area (Å²) in [7, 11) is 0. The molecule has 2 aliphatic carbocycles. The summed E-state index contributed by atoms with van der Waals surface area (Å²) in [4.78, 5) is 29.9. The van der Waals surface area contributed by atoms with E-state index in [1.54, 1.807) is 6.26 Å². The Bertz CT molecular complexity index is 999. The summed E-state index contributed by atoms with van der Waals surface area (Å²) in [5.74, 6) is 1.02. The van der Waals surface area contributed by atoms with Crippen LogP contribution in [-0.2, 0) is 11.3 Å². The Morgan fingerprint density at radius 3 is 2.59 bits per heavy atom. The fourth-order valence-electron chi connectivity index (χ4n) is 6.43.